The zero-order valence-corrected chi connectivity index (χ0v) is 16.3. The molecule has 0 unspecified atom stereocenters. The van der Waals surface area contributed by atoms with E-state index in [1.165, 1.54) is 6.92 Å². The monoisotopic (exact) mass is 368 g/mol. The minimum atomic E-state index is -0.590. The third-order valence-corrected chi connectivity index (χ3v) is 4.54. The van der Waals surface area contributed by atoms with Crippen molar-refractivity contribution in [3.05, 3.63) is 56.4 Å². The topological polar surface area (TPSA) is 92.3 Å². The van der Waals surface area contributed by atoms with E-state index in [4.69, 9.17) is 4.74 Å². The van der Waals surface area contributed by atoms with Crippen LogP contribution in [0.25, 0.3) is 0 Å². The van der Waals surface area contributed by atoms with Gasteiger partial charge in [0.25, 0.3) is 5.56 Å². The number of pyridine rings is 1. The summed E-state index contributed by atoms with van der Waals surface area (Å²) in [5.74, 6) is -0.270. The normalized spacial score (nSPS) is 10.7. The van der Waals surface area contributed by atoms with Crippen LogP contribution in [0.1, 0.15) is 46.5 Å². The van der Waals surface area contributed by atoms with Crippen molar-refractivity contribution in [1.29, 1.82) is 5.26 Å². The van der Waals surface area contributed by atoms with E-state index in [2.05, 4.69) is 0 Å². The van der Waals surface area contributed by atoms with Crippen LogP contribution in [0.15, 0.2) is 23.0 Å². The largest absolute Gasteiger partial charge is 0.494 e. The van der Waals surface area contributed by atoms with Gasteiger partial charge in [-0.25, -0.2) is 0 Å². The number of aromatic nitrogens is 1. The number of nitriles is 1. The van der Waals surface area contributed by atoms with Gasteiger partial charge in [0.05, 0.1) is 5.56 Å². The van der Waals surface area contributed by atoms with Gasteiger partial charge in [0.1, 0.15) is 17.4 Å². The molecule has 0 aliphatic heterocycles. The summed E-state index contributed by atoms with van der Waals surface area (Å²) in [4.78, 5) is 25.2. The van der Waals surface area contributed by atoms with E-state index in [1.807, 2.05) is 45.9 Å². The van der Waals surface area contributed by atoms with E-state index in [1.54, 1.807) is 6.07 Å². The van der Waals surface area contributed by atoms with Gasteiger partial charge in [-0.3, -0.25) is 14.2 Å². The summed E-state index contributed by atoms with van der Waals surface area (Å²) in [5, 5.41) is 19.9. The number of hydrogen-bond acceptors (Lipinski definition) is 5. The molecule has 142 valence electrons. The molecule has 0 aliphatic rings. The zero-order valence-electron chi connectivity index (χ0n) is 16.3. The number of ketones is 1. The molecule has 6 nitrogen and oxygen atoms in total. The highest BCUT2D eigenvalue weighted by atomic mass is 16.5. The Bertz CT molecular complexity index is 981. The number of benzene rings is 1. The van der Waals surface area contributed by atoms with Crippen LogP contribution >= 0.6 is 0 Å². The second-order valence-corrected chi connectivity index (χ2v) is 7.03. The molecule has 2 rings (SSSR count). The second kappa shape index (κ2) is 8.09. The maximum Gasteiger partial charge on any atom is 0.271 e. The molecule has 0 bridgehead atoms. The Morgan fingerprint density at radius 2 is 1.93 bits per heavy atom. The van der Waals surface area contributed by atoms with E-state index < -0.39 is 17.2 Å². The Balaban J connectivity index is 2.44. The van der Waals surface area contributed by atoms with Gasteiger partial charge in [0.2, 0.25) is 11.7 Å². The first-order valence-corrected chi connectivity index (χ1v) is 8.77. The first-order chi connectivity index (χ1) is 12.7. The van der Waals surface area contributed by atoms with Crippen LogP contribution in [-0.2, 0) is 6.54 Å². The maximum atomic E-state index is 12.8. The van der Waals surface area contributed by atoms with E-state index in [-0.39, 0.29) is 35.8 Å². The standard InChI is InChI=1S/C21H24N2O4/c1-12(2)10-23-20(25)16(9-22)15(5)19(21(23)26)17(24)11-27-18-8-6-7-13(3)14(18)4/h6-8,12,26H,10-11H2,1-5H3. The summed E-state index contributed by atoms with van der Waals surface area (Å²) in [7, 11) is 0. The Kier molecular flexibility index (Phi) is 6.06. The predicted molar refractivity (Wildman–Crippen MR) is 102 cm³/mol. The van der Waals surface area contributed by atoms with E-state index in [9.17, 15) is 20.0 Å². The molecule has 1 aromatic heterocycles. The molecule has 2 aromatic rings. The van der Waals surface area contributed by atoms with Gasteiger partial charge >= 0.3 is 0 Å². The fourth-order valence-corrected chi connectivity index (χ4v) is 2.92. The van der Waals surface area contributed by atoms with Gasteiger partial charge in [-0.2, -0.15) is 5.26 Å². The molecule has 0 amide bonds. The molecule has 0 saturated heterocycles. The number of ether oxygens (including phenoxy) is 1. The lowest BCUT2D eigenvalue weighted by Gasteiger charge is -2.17. The van der Waals surface area contributed by atoms with Crippen LogP contribution < -0.4 is 10.3 Å². The molecule has 0 fully saturated rings. The Hall–Kier alpha value is -3.07. The van der Waals surface area contributed by atoms with E-state index >= 15 is 0 Å². The molecule has 6 heteroatoms. The molecule has 1 heterocycles. The fourth-order valence-electron chi connectivity index (χ4n) is 2.92. The average molecular weight is 368 g/mol. The summed E-state index contributed by atoms with van der Waals surface area (Å²) >= 11 is 0. The van der Waals surface area contributed by atoms with Crippen molar-refractivity contribution in [2.45, 2.75) is 41.2 Å². The van der Waals surface area contributed by atoms with Crippen LogP contribution in [0.2, 0.25) is 0 Å². The summed E-state index contributed by atoms with van der Waals surface area (Å²) in [6.07, 6.45) is 0. The third kappa shape index (κ3) is 4.03. The predicted octanol–water partition coefficient (Wildman–Crippen LogP) is 3.27. The molecular formula is C21H24N2O4. The number of carbonyl (C=O) groups is 1. The summed E-state index contributed by atoms with van der Waals surface area (Å²) in [5.41, 5.74) is 1.37. The van der Waals surface area contributed by atoms with Crippen LogP contribution in [0.3, 0.4) is 0 Å². The number of aromatic hydroxyl groups is 1. The quantitative estimate of drug-likeness (QED) is 0.790. The first-order valence-electron chi connectivity index (χ1n) is 8.77. The van der Waals surface area contributed by atoms with Crippen LogP contribution in [0, 0.1) is 38.0 Å². The van der Waals surface area contributed by atoms with Gasteiger partial charge < -0.3 is 9.84 Å². The number of carbonyl (C=O) groups excluding carboxylic acids is 1. The highest BCUT2D eigenvalue weighted by Crippen LogP contribution is 2.25. The highest BCUT2D eigenvalue weighted by Gasteiger charge is 2.24. The van der Waals surface area contributed by atoms with Gasteiger partial charge in [-0.1, -0.05) is 26.0 Å². The van der Waals surface area contributed by atoms with Crippen LogP contribution in [-0.4, -0.2) is 22.1 Å². The molecule has 0 saturated carbocycles. The van der Waals surface area contributed by atoms with Gasteiger partial charge in [0, 0.05) is 6.54 Å². The molecule has 0 aliphatic carbocycles. The van der Waals surface area contributed by atoms with Gasteiger partial charge in [0.15, 0.2) is 6.61 Å². The lowest BCUT2D eigenvalue weighted by Crippen LogP contribution is -2.29. The van der Waals surface area contributed by atoms with E-state index in [0.717, 1.165) is 15.7 Å². The lowest BCUT2D eigenvalue weighted by molar-refractivity contribution is 0.0915. The molecule has 27 heavy (non-hydrogen) atoms. The number of nitrogens with zero attached hydrogens (tertiary/aromatic N) is 2. The summed E-state index contributed by atoms with van der Waals surface area (Å²) in [6, 6.07) is 7.40. The van der Waals surface area contributed by atoms with Crippen LogP contribution in [0.5, 0.6) is 11.6 Å². The third-order valence-electron chi connectivity index (χ3n) is 4.54. The first kappa shape index (κ1) is 20.2. The van der Waals surface area contributed by atoms with Crippen LogP contribution in [0.4, 0.5) is 0 Å². The Morgan fingerprint density at radius 1 is 1.26 bits per heavy atom. The average Bonchev–Trinajstić information content (AvgIpc) is 2.60. The van der Waals surface area contributed by atoms with Crippen molar-refractivity contribution in [2.75, 3.05) is 6.61 Å². The van der Waals surface area contributed by atoms with Crippen molar-refractivity contribution in [3.8, 4) is 17.7 Å². The van der Waals surface area contributed by atoms with Gasteiger partial charge in [-0.15, -0.1) is 0 Å². The molecule has 0 radical (unpaired) electrons. The lowest BCUT2D eigenvalue weighted by atomic mass is 10.0. The van der Waals surface area contributed by atoms with Crippen molar-refractivity contribution in [3.63, 3.8) is 0 Å². The molecule has 1 N–H and O–H groups in total. The summed E-state index contributed by atoms with van der Waals surface area (Å²) < 4.78 is 6.72. The van der Waals surface area contributed by atoms with Gasteiger partial charge in [-0.05, 0) is 49.4 Å². The minimum absolute atomic E-state index is 0.0443. The van der Waals surface area contributed by atoms with Crippen molar-refractivity contribution in [1.82, 2.24) is 4.57 Å². The Morgan fingerprint density at radius 3 is 2.52 bits per heavy atom. The highest BCUT2D eigenvalue weighted by molar-refractivity contribution is 6.01. The van der Waals surface area contributed by atoms with Crippen molar-refractivity contribution >= 4 is 5.78 Å². The molecule has 0 spiro atoms. The van der Waals surface area contributed by atoms with E-state index in [0.29, 0.717) is 5.75 Å². The zero-order chi connectivity index (χ0) is 20.3. The summed E-state index contributed by atoms with van der Waals surface area (Å²) in [6.45, 7) is 8.99. The number of hydrogen-bond donors (Lipinski definition) is 1. The fraction of sp³-hybridized carbons (Fsp3) is 0.381. The van der Waals surface area contributed by atoms with Crippen molar-refractivity contribution < 1.29 is 14.6 Å². The SMILES string of the molecule is Cc1cccc(OCC(=O)c2c(C)c(C#N)c(=O)n(CC(C)C)c2O)c1C. The number of aryl methyl sites for hydroxylation is 1. The maximum absolute atomic E-state index is 12.8. The minimum Gasteiger partial charge on any atom is -0.494 e. The smallest absolute Gasteiger partial charge is 0.271 e. The Labute approximate surface area is 158 Å². The second-order valence-electron chi connectivity index (χ2n) is 7.03. The number of Topliss-reactive ketones (excluding diaryl/α,β-unsaturated/α-hetero) is 1. The molecular weight excluding hydrogens is 344 g/mol. The number of rotatable bonds is 6. The molecule has 0 atom stereocenters. The molecule has 1 aromatic carbocycles. The van der Waals surface area contributed by atoms with Crippen molar-refractivity contribution in [2.24, 2.45) is 5.92 Å².